The number of carbonyl (C=O) groups is 2. The Kier molecular flexibility index (Phi) is 30.2. The van der Waals surface area contributed by atoms with E-state index in [1.807, 2.05) is 0 Å². The average molecular weight is 561 g/mol. The van der Waals surface area contributed by atoms with Crippen molar-refractivity contribution in [3.05, 3.63) is 36.5 Å². The van der Waals surface area contributed by atoms with Gasteiger partial charge in [-0.25, -0.2) is 0 Å². The molecule has 0 aromatic rings. The zero-order valence-corrected chi connectivity index (χ0v) is 26.4. The van der Waals surface area contributed by atoms with Crippen LogP contribution >= 0.6 is 0 Å². The van der Waals surface area contributed by atoms with E-state index < -0.39 is 5.97 Å². The van der Waals surface area contributed by atoms with Crippen molar-refractivity contribution in [2.45, 2.75) is 180 Å². The highest BCUT2D eigenvalue weighted by atomic mass is 16.5. The van der Waals surface area contributed by atoms with Crippen LogP contribution in [0.4, 0.5) is 0 Å². The summed E-state index contributed by atoms with van der Waals surface area (Å²) in [6.07, 6.45) is 40.2. The van der Waals surface area contributed by atoms with Gasteiger partial charge < -0.3 is 9.84 Å². The minimum atomic E-state index is -0.687. The van der Waals surface area contributed by atoms with Crippen LogP contribution in [0.3, 0.4) is 0 Å². The molecular formula is C36H64O4. The van der Waals surface area contributed by atoms with E-state index >= 15 is 0 Å². The van der Waals surface area contributed by atoms with E-state index in [1.54, 1.807) is 0 Å². The lowest BCUT2D eigenvalue weighted by Gasteiger charge is -2.18. The maximum atomic E-state index is 12.5. The maximum absolute atomic E-state index is 12.5. The lowest BCUT2D eigenvalue weighted by molar-refractivity contribution is -0.150. The molecule has 4 heteroatoms. The molecule has 0 saturated heterocycles. The molecule has 0 aromatic carbocycles. The smallest absolute Gasteiger partial charge is 0.306 e. The number of unbranched alkanes of at least 4 members (excludes halogenated alkanes) is 15. The van der Waals surface area contributed by atoms with Crippen LogP contribution in [0, 0.1) is 0 Å². The molecule has 1 unspecified atom stereocenters. The number of ether oxygens (including phenoxy) is 1. The van der Waals surface area contributed by atoms with Gasteiger partial charge in [0.25, 0.3) is 0 Å². The summed E-state index contributed by atoms with van der Waals surface area (Å²) in [7, 11) is 0. The number of carboxylic acids is 1. The molecule has 4 nitrogen and oxygen atoms in total. The van der Waals surface area contributed by atoms with Crippen molar-refractivity contribution >= 4 is 11.9 Å². The van der Waals surface area contributed by atoms with Crippen LogP contribution in [0.25, 0.3) is 0 Å². The fourth-order valence-electron chi connectivity index (χ4n) is 4.84. The van der Waals surface area contributed by atoms with E-state index in [0.717, 1.165) is 77.0 Å². The molecule has 0 spiro atoms. The first-order valence-electron chi connectivity index (χ1n) is 17.0. The summed E-state index contributed by atoms with van der Waals surface area (Å²) < 4.78 is 5.92. The minimum absolute atomic E-state index is 0.0171. The van der Waals surface area contributed by atoms with Crippen molar-refractivity contribution in [3.8, 4) is 0 Å². The quantitative estimate of drug-likeness (QED) is 0.0539. The van der Waals surface area contributed by atoms with Crippen molar-refractivity contribution < 1.29 is 19.4 Å². The van der Waals surface area contributed by atoms with Gasteiger partial charge in [-0.3, -0.25) is 9.59 Å². The van der Waals surface area contributed by atoms with Crippen molar-refractivity contribution in [1.29, 1.82) is 0 Å². The third kappa shape index (κ3) is 30.7. The topological polar surface area (TPSA) is 63.6 Å². The molecule has 0 amide bonds. The molecule has 0 aromatic heterocycles. The van der Waals surface area contributed by atoms with Gasteiger partial charge in [-0.15, -0.1) is 0 Å². The van der Waals surface area contributed by atoms with Gasteiger partial charge in [0.05, 0.1) is 0 Å². The largest absolute Gasteiger partial charge is 0.481 e. The minimum Gasteiger partial charge on any atom is -0.481 e. The number of carboxylic acid groups (broad SMARTS) is 1. The SMILES string of the molecule is CCCCC/C=C\C/C=C\C/C=C\CCCCC(=O)OC(CCCCCC)CCCCCCCCCCC(=O)O. The van der Waals surface area contributed by atoms with Crippen LogP contribution in [0.2, 0.25) is 0 Å². The van der Waals surface area contributed by atoms with E-state index in [2.05, 4.69) is 50.3 Å². The van der Waals surface area contributed by atoms with E-state index in [4.69, 9.17) is 9.84 Å². The Bertz CT molecular complexity index is 649. The van der Waals surface area contributed by atoms with Gasteiger partial charge in [0.2, 0.25) is 0 Å². The first kappa shape index (κ1) is 38.2. The zero-order chi connectivity index (χ0) is 29.4. The van der Waals surface area contributed by atoms with Crippen LogP contribution in [0.1, 0.15) is 174 Å². The second-order valence-electron chi connectivity index (χ2n) is 11.3. The summed E-state index contributed by atoms with van der Waals surface area (Å²) >= 11 is 0. The molecule has 0 saturated carbocycles. The second kappa shape index (κ2) is 31.7. The highest BCUT2D eigenvalue weighted by Crippen LogP contribution is 2.18. The summed E-state index contributed by atoms with van der Waals surface area (Å²) in [6, 6.07) is 0. The Morgan fingerprint density at radius 1 is 0.550 bits per heavy atom. The Labute approximate surface area is 248 Å². The van der Waals surface area contributed by atoms with E-state index in [1.165, 1.54) is 70.6 Å². The van der Waals surface area contributed by atoms with E-state index in [9.17, 15) is 9.59 Å². The number of carbonyl (C=O) groups excluding carboxylic acids is 1. The van der Waals surface area contributed by atoms with Crippen LogP contribution in [-0.2, 0) is 14.3 Å². The summed E-state index contributed by atoms with van der Waals surface area (Å²) in [5, 5.41) is 8.69. The van der Waals surface area contributed by atoms with Gasteiger partial charge in [-0.2, -0.15) is 0 Å². The number of hydrogen-bond donors (Lipinski definition) is 1. The molecule has 0 fully saturated rings. The number of aliphatic carboxylic acids is 1. The Hall–Kier alpha value is -1.84. The Morgan fingerprint density at radius 2 is 0.975 bits per heavy atom. The molecule has 0 rings (SSSR count). The maximum Gasteiger partial charge on any atom is 0.306 e. The predicted octanol–water partition coefficient (Wildman–Crippen LogP) is 11.4. The number of allylic oxidation sites excluding steroid dienone is 6. The lowest BCUT2D eigenvalue weighted by Crippen LogP contribution is -2.18. The average Bonchev–Trinajstić information content (AvgIpc) is 2.93. The molecular weight excluding hydrogens is 496 g/mol. The molecule has 1 N–H and O–H groups in total. The predicted molar refractivity (Wildman–Crippen MR) is 172 cm³/mol. The molecule has 0 bridgehead atoms. The van der Waals surface area contributed by atoms with Crippen molar-refractivity contribution in [3.63, 3.8) is 0 Å². The van der Waals surface area contributed by atoms with Crippen LogP contribution < -0.4 is 0 Å². The molecule has 232 valence electrons. The van der Waals surface area contributed by atoms with Crippen molar-refractivity contribution in [2.75, 3.05) is 0 Å². The first-order chi connectivity index (χ1) is 19.6. The van der Waals surface area contributed by atoms with Crippen LogP contribution in [0.15, 0.2) is 36.5 Å². The number of rotatable bonds is 30. The van der Waals surface area contributed by atoms with E-state index in [0.29, 0.717) is 12.8 Å². The lowest BCUT2D eigenvalue weighted by atomic mass is 10.0. The normalized spacial score (nSPS) is 12.7. The van der Waals surface area contributed by atoms with Crippen LogP contribution in [0.5, 0.6) is 0 Å². The molecule has 0 aliphatic rings. The molecule has 0 radical (unpaired) electrons. The molecule has 0 aliphatic carbocycles. The van der Waals surface area contributed by atoms with Crippen molar-refractivity contribution in [1.82, 2.24) is 0 Å². The summed E-state index contributed by atoms with van der Waals surface area (Å²) in [4.78, 5) is 23.0. The summed E-state index contributed by atoms with van der Waals surface area (Å²) in [5.74, 6) is -0.704. The number of hydrogen-bond acceptors (Lipinski definition) is 3. The van der Waals surface area contributed by atoms with Crippen LogP contribution in [-0.4, -0.2) is 23.1 Å². The third-order valence-corrected chi connectivity index (χ3v) is 7.36. The fraction of sp³-hybridized carbons (Fsp3) is 0.778. The van der Waals surface area contributed by atoms with Crippen molar-refractivity contribution in [2.24, 2.45) is 0 Å². The Balaban J connectivity index is 3.95. The molecule has 0 heterocycles. The first-order valence-corrected chi connectivity index (χ1v) is 17.0. The standard InChI is InChI=1S/C36H64O4/c1-3-5-7-9-10-11-12-13-14-15-16-17-22-25-29-33-36(39)40-34(30-26-8-6-4-2)31-27-23-20-18-19-21-24-28-32-35(37)38/h10-11,13-14,16-17,34H,3-9,12,15,18-33H2,1-2H3,(H,37,38)/b11-10-,14-13-,17-16-. The van der Waals surface area contributed by atoms with Gasteiger partial charge >= 0.3 is 11.9 Å². The van der Waals surface area contributed by atoms with Gasteiger partial charge in [0.15, 0.2) is 0 Å². The molecule has 0 aliphatic heterocycles. The van der Waals surface area contributed by atoms with Gasteiger partial charge in [-0.05, 0) is 77.0 Å². The monoisotopic (exact) mass is 560 g/mol. The third-order valence-electron chi connectivity index (χ3n) is 7.36. The van der Waals surface area contributed by atoms with Gasteiger partial charge in [-0.1, -0.05) is 121 Å². The van der Waals surface area contributed by atoms with Gasteiger partial charge in [0.1, 0.15) is 6.10 Å². The molecule has 40 heavy (non-hydrogen) atoms. The summed E-state index contributed by atoms with van der Waals surface area (Å²) in [5.41, 5.74) is 0. The van der Waals surface area contributed by atoms with E-state index in [-0.39, 0.29) is 12.1 Å². The summed E-state index contributed by atoms with van der Waals surface area (Å²) in [6.45, 7) is 4.47. The number of esters is 1. The molecule has 1 atom stereocenters. The highest BCUT2D eigenvalue weighted by molar-refractivity contribution is 5.69. The Morgan fingerprint density at radius 3 is 1.52 bits per heavy atom. The highest BCUT2D eigenvalue weighted by Gasteiger charge is 2.14. The zero-order valence-electron chi connectivity index (χ0n) is 26.4. The van der Waals surface area contributed by atoms with Gasteiger partial charge in [0, 0.05) is 12.8 Å². The second-order valence-corrected chi connectivity index (χ2v) is 11.3. The fourth-order valence-corrected chi connectivity index (χ4v) is 4.84.